The van der Waals surface area contributed by atoms with E-state index < -0.39 is 0 Å². The van der Waals surface area contributed by atoms with Crippen molar-refractivity contribution in [1.29, 1.82) is 0 Å². The summed E-state index contributed by atoms with van der Waals surface area (Å²) in [7, 11) is 1.73. The predicted octanol–water partition coefficient (Wildman–Crippen LogP) is 4.00. The number of aromatic nitrogens is 2. The summed E-state index contributed by atoms with van der Waals surface area (Å²) in [5.74, 6) is 0.941. The van der Waals surface area contributed by atoms with Crippen molar-refractivity contribution in [2.75, 3.05) is 50.6 Å². The van der Waals surface area contributed by atoms with Gasteiger partial charge in [-0.05, 0) is 37.6 Å². The summed E-state index contributed by atoms with van der Waals surface area (Å²) in [5.41, 5.74) is 0.826. The number of amides is 1. The van der Waals surface area contributed by atoms with Crippen molar-refractivity contribution in [3.63, 3.8) is 0 Å². The van der Waals surface area contributed by atoms with Crippen molar-refractivity contribution in [3.8, 4) is 11.3 Å². The van der Waals surface area contributed by atoms with Crippen LogP contribution in [0.3, 0.4) is 0 Å². The number of piperidine rings is 1. The molecule has 0 radical (unpaired) electrons. The van der Waals surface area contributed by atoms with Gasteiger partial charge < -0.3 is 25.4 Å². The van der Waals surface area contributed by atoms with E-state index >= 15 is 0 Å². The molecule has 1 amide bonds. The minimum absolute atomic E-state index is 0.0567. The fraction of sp³-hybridized carbons (Fsp3) is 0.522. The Labute approximate surface area is 203 Å². The third-order valence-electron chi connectivity index (χ3n) is 6.30. The standard InChI is InChI=1S/C23H29Cl2N5O3/c1-32-23(6-9-33-10-7-23)14-28-19-5-4-17(24)21(29-19)16-11-20(27-13-18(16)25)30-22(31)15-3-2-8-26-12-15/h4-5,11,13,15,26H,2-3,6-10,12,14H2,1H3,(H,28,29)(H,27,30,31)/t15-/m1/s1. The maximum Gasteiger partial charge on any atom is 0.229 e. The molecule has 0 aliphatic carbocycles. The van der Waals surface area contributed by atoms with Crippen LogP contribution in [-0.2, 0) is 14.3 Å². The van der Waals surface area contributed by atoms with Crippen molar-refractivity contribution in [3.05, 3.63) is 34.4 Å². The average Bonchev–Trinajstić information content (AvgIpc) is 2.86. The summed E-state index contributed by atoms with van der Waals surface area (Å²) in [6, 6.07) is 5.31. The van der Waals surface area contributed by atoms with Gasteiger partial charge in [0.15, 0.2) is 0 Å². The summed E-state index contributed by atoms with van der Waals surface area (Å²) in [5, 5.41) is 10.4. The predicted molar refractivity (Wildman–Crippen MR) is 130 cm³/mol. The van der Waals surface area contributed by atoms with Gasteiger partial charge in [0, 0.05) is 58.0 Å². The molecule has 0 unspecified atom stereocenters. The molecule has 0 bridgehead atoms. The lowest BCUT2D eigenvalue weighted by atomic mass is 9.94. The summed E-state index contributed by atoms with van der Waals surface area (Å²) in [6.45, 7) is 3.56. The number of carbonyl (C=O) groups is 1. The van der Waals surface area contributed by atoms with Crippen LogP contribution in [0.4, 0.5) is 11.6 Å². The van der Waals surface area contributed by atoms with Gasteiger partial charge in [0.2, 0.25) is 5.91 Å². The molecule has 10 heteroatoms. The monoisotopic (exact) mass is 493 g/mol. The van der Waals surface area contributed by atoms with Crippen LogP contribution in [0.15, 0.2) is 24.4 Å². The molecule has 2 aromatic heterocycles. The number of nitrogens with zero attached hydrogens (tertiary/aromatic N) is 2. The lowest BCUT2D eigenvalue weighted by Gasteiger charge is -2.36. The third-order valence-corrected chi connectivity index (χ3v) is 6.91. The van der Waals surface area contributed by atoms with E-state index in [0.717, 1.165) is 32.2 Å². The second kappa shape index (κ2) is 11.0. The molecule has 2 aliphatic heterocycles. The molecular formula is C23H29Cl2N5O3. The molecule has 4 rings (SSSR count). The van der Waals surface area contributed by atoms with Crippen LogP contribution in [0.25, 0.3) is 11.3 Å². The van der Waals surface area contributed by atoms with Crippen LogP contribution in [0.2, 0.25) is 10.0 Å². The summed E-state index contributed by atoms with van der Waals surface area (Å²) < 4.78 is 11.3. The zero-order valence-electron chi connectivity index (χ0n) is 18.6. The first-order valence-corrected chi connectivity index (χ1v) is 12.0. The Morgan fingerprint density at radius 3 is 2.82 bits per heavy atom. The third kappa shape index (κ3) is 5.94. The highest BCUT2D eigenvalue weighted by Gasteiger charge is 2.32. The van der Waals surface area contributed by atoms with Gasteiger partial charge in [0.05, 0.1) is 27.3 Å². The maximum absolute atomic E-state index is 12.6. The first-order valence-electron chi connectivity index (χ1n) is 11.2. The smallest absolute Gasteiger partial charge is 0.229 e. The van der Waals surface area contributed by atoms with E-state index in [0.29, 0.717) is 59.2 Å². The zero-order chi connectivity index (χ0) is 23.3. The van der Waals surface area contributed by atoms with Gasteiger partial charge in [-0.15, -0.1) is 0 Å². The molecule has 2 fully saturated rings. The van der Waals surface area contributed by atoms with E-state index in [4.69, 9.17) is 37.7 Å². The lowest BCUT2D eigenvalue weighted by molar-refractivity contribution is -0.120. The Kier molecular flexibility index (Phi) is 8.03. The number of nitrogens with one attached hydrogen (secondary N) is 3. The molecule has 2 aromatic rings. The fourth-order valence-corrected chi connectivity index (χ4v) is 4.57. The van der Waals surface area contributed by atoms with Crippen molar-refractivity contribution in [2.24, 2.45) is 5.92 Å². The van der Waals surface area contributed by atoms with E-state index in [-0.39, 0.29) is 17.4 Å². The minimum atomic E-state index is -0.292. The number of ether oxygens (including phenoxy) is 2. The van der Waals surface area contributed by atoms with Gasteiger partial charge in [0.25, 0.3) is 0 Å². The van der Waals surface area contributed by atoms with Crippen molar-refractivity contribution < 1.29 is 14.3 Å². The molecule has 178 valence electrons. The normalized spacial score (nSPS) is 20.3. The second-order valence-corrected chi connectivity index (χ2v) is 9.28. The minimum Gasteiger partial charge on any atom is -0.381 e. The van der Waals surface area contributed by atoms with Crippen LogP contribution in [-0.4, -0.2) is 61.4 Å². The maximum atomic E-state index is 12.6. The van der Waals surface area contributed by atoms with Crippen LogP contribution in [0, 0.1) is 5.92 Å². The Balaban J connectivity index is 1.51. The number of halogens is 2. The van der Waals surface area contributed by atoms with Gasteiger partial charge in [-0.3, -0.25) is 4.79 Å². The molecule has 4 heterocycles. The Morgan fingerprint density at radius 2 is 2.09 bits per heavy atom. The summed E-state index contributed by atoms with van der Waals surface area (Å²) in [6.07, 6.45) is 4.97. The zero-order valence-corrected chi connectivity index (χ0v) is 20.1. The van der Waals surface area contributed by atoms with Gasteiger partial charge >= 0.3 is 0 Å². The van der Waals surface area contributed by atoms with Gasteiger partial charge in [0.1, 0.15) is 11.6 Å². The van der Waals surface area contributed by atoms with Gasteiger partial charge in [-0.25, -0.2) is 9.97 Å². The van der Waals surface area contributed by atoms with E-state index in [9.17, 15) is 4.79 Å². The second-order valence-electron chi connectivity index (χ2n) is 8.46. The number of hydrogen-bond acceptors (Lipinski definition) is 7. The Hall–Kier alpha value is -1.97. The molecular weight excluding hydrogens is 465 g/mol. The van der Waals surface area contributed by atoms with E-state index in [1.54, 1.807) is 19.2 Å². The molecule has 0 spiro atoms. The quantitative estimate of drug-likeness (QED) is 0.536. The lowest BCUT2D eigenvalue weighted by Crippen LogP contribution is -2.44. The van der Waals surface area contributed by atoms with E-state index in [1.807, 2.05) is 6.07 Å². The molecule has 33 heavy (non-hydrogen) atoms. The first-order chi connectivity index (χ1) is 16.0. The van der Waals surface area contributed by atoms with Crippen LogP contribution in [0.1, 0.15) is 25.7 Å². The number of hydrogen-bond donors (Lipinski definition) is 3. The van der Waals surface area contributed by atoms with E-state index in [2.05, 4.69) is 20.9 Å². The molecule has 2 saturated heterocycles. The SMILES string of the molecule is COC1(CNc2ccc(Cl)c(-c3cc(NC(=O)[C@@H]4CCCNC4)ncc3Cl)n2)CCOCC1. The van der Waals surface area contributed by atoms with Crippen LogP contribution < -0.4 is 16.0 Å². The average molecular weight is 494 g/mol. The van der Waals surface area contributed by atoms with Crippen molar-refractivity contribution >= 4 is 40.7 Å². The molecule has 2 aliphatic rings. The van der Waals surface area contributed by atoms with E-state index in [1.165, 1.54) is 6.20 Å². The number of rotatable bonds is 7. The topological polar surface area (TPSA) is 97.4 Å². The highest BCUT2D eigenvalue weighted by Crippen LogP contribution is 2.34. The highest BCUT2D eigenvalue weighted by atomic mass is 35.5. The van der Waals surface area contributed by atoms with Crippen LogP contribution in [0.5, 0.6) is 0 Å². The highest BCUT2D eigenvalue weighted by molar-refractivity contribution is 6.36. The molecule has 0 saturated carbocycles. The van der Waals surface area contributed by atoms with Crippen LogP contribution >= 0.6 is 23.2 Å². The first kappa shape index (κ1) is 24.2. The Morgan fingerprint density at radius 1 is 1.27 bits per heavy atom. The number of pyridine rings is 2. The van der Waals surface area contributed by atoms with Gasteiger partial charge in [-0.2, -0.15) is 0 Å². The molecule has 8 nitrogen and oxygen atoms in total. The van der Waals surface area contributed by atoms with Crippen molar-refractivity contribution in [2.45, 2.75) is 31.3 Å². The summed E-state index contributed by atoms with van der Waals surface area (Å²) in [4.78, 5) is 21.6. The number of methoxy groups -OCH3 is 1. The summed E-state index contributed by atoms with van der Waals surface area (Å²) >= 11 is 12.9. The molecule has 0 aromatic carbocycles. The largest absolute Gasteiger partial charge is 0.381 e. The number of carbonyl (C=O) groups excluding carboxylic acids is 1. The fourth-order valence-electron chi connectivity index (χ4n) is 4.17. The molecule has 1 atom stereocenters. The van der Waals surface area contributed by atoms with Crippen molar-refractivity contribution in [1.82, 2.24) is 15.3 Å². The van der Waals surface area contributed by atoms with Gasteiger partial charge in [-0.1, -0.05) is 23.2 Å². The molecule has 3 N–H and O–H groups in total. The Bertz CT molecular complexity index is 979. The number of anilines is 2.